The Morgan fingerprint density at radius 1 is 1.18 bits per heavy atom. The van der Waals surface area contributed by atoms with Crippen molar-refractivity contribution >= 4 is 21.4 Å². The largest absolute Gasteiger partial charge is 0.372 e. The highest BCUT2D eigenvalue weighted by atomic mass is 35.5. The zero-order valence-corrected chi connectivity index (χ0v) is 20.0. The fourth-order valence-electron chi connectivity index (χ4n) is 4.58. The van der Waals surface area contributed by atoms with E-state index in [1.165, 1.54) is 19.5 Å². The first-order valence-electron chi connectivity index (χ1n) is 10.9. The van der Waals surface area contributed by atoms with Gasteiger partial charge in [-0.15, -0.1) is 10.2 Å². The minimum absolute atomic E-state index is 0.107. The predicted molar refractivity (Wildman–Crippen MR) is 122 cm³/mol. The van der Waals surface area contributed by atoms with Crippen LogP contribution in [0, 0.1) is 5.92 Å². The van der Waals surface area contributed by atoms with Crippen LogP contribution in [0.4, 0.5) is 0 Å². The summed E-state index contributed by atoms with van der Waals surface area (Å²) in [4.78, 5) is 12.8. The second-order valence-electron chi connectivity index (χ2n) is 8.80. The monoisotopic (exact) mass is 488 g/mol. The van der Waals surface area contributed by atoms with Crippen LogP contribution >= 0.6 is 11.6 Å². The minimum Gasteiger partial charge on any atom is -0.372 e. The van der Waals surface area contributed by atoms with Gasteiger partial charge >= 0.3 is 0 Å². The maximum absolute atomic E-state index is 13.5. The number of halogens is 1. The number of aromatic nitrogens is 6. The van der Waals surface area contributed by atoms with Crippen molar-refractivity contribution in [3.05, 3.63) is 53.5 Å². The number of rotatable bonds is 9. The lowest BCUT2D eigenvalue weighted by atomic mass is 10.1. The Bertz CT molecular complexity index is 1240. The number of hydrogen-bond donors (Lipinski definition) is 0. The second-order valence-corrected chi connectivity index (χ2v) is 11.6. The summed E-state index contributed by atoms with van der Waals surface area (Å²) < 4.78 is 34.6. The van der Waals surface area contributed by atoms with Gasteiger partial charge in [0.1, 0.15) is 23.4 Å². The molecule has 0 N–H and O–H groups in total. The first-order valence-corrected chi connectivity index (χ1v) is 13.0. The molecule has 0 aromatic carbocycles. The van der Waals surface area contributed by atoms with Gasteiger partial charge in [-0.05, 0) is 50.7 Å². The number of hydrogen-bond acceptors (Lipinski definition) is 8. The molecule has 0 unspecified atom stereocenters. The molecule has 174 valence electrons. The van der Waals surface area contributed by atoms with Gasteiger partial charge in [-0.1, -0.05) is 17.7 Å². The van der Waals surface area contributed by atoms with Crippen LogP contribution in [0.15, 0.2) is 36.8 Å². The highest BCUT2D eigenvalue weighted by molar-refractivity contribution is 7.91. The van der Waals surface area contributed by atoms with E-state index in [0.29, 0.717) is 28.3 Å². The van der Waals surface area contributed by atoms with Crippen LogP contribution in [0.2, 0.25) is 5.02 Å². The molecular formula is C22H25ClN6O3S. The summed E-state index contributed by atoms with van der Waals surface area (Å²) in [5.74, 6) is 1.62. The maximum atomic E-state index is 13.5. The lowest BCUT2D eigenvalue weighted by Gasteiger charge is -2.24. The molecule has 33 heavy (non-hydrogen) atoms. The third-order valence-electron chi connectivity index (χ3n) is 6.64. The molecule has 0 bridgehead atoms. The predicted octanol–water partition coefficient (Wildman–Crippen LogP) is 3.37. The molecule has 3 aromatic rings. The SMILES string of the molecule is CO[C@H](c1ncc(Cl)cn1)[C@H](C)S(=O)(=O)Cc1nnc(-c2ccccn2)n1C1(C2CC2)CC1. The summed E-state index contributed by atoms with van der Waals surface area (Å²) >= 11 is 5.88. The van der Waals surface area contributed by atoms with E-state index < -0.39 is 21.2 Å². The molecule has 9 nitrogen and oxygen atoms in total. The van der Waals surface area contributed by atoms with Crippen LogP contribution in [0.3, 0.4) is 0 Å². The Balaban J connectivity index is 1.49. The van der Waals surface area contributed by atoms with E-state index in [9.17, 15) is 8.42 Å². The molecule has 3 heterocycles. The molecule has 2 fully saturated rings. The van der Waals surface area contributed by atoms with Gasteiger partial charge in [-0.3, -0.25) is 4.98 Å². The van der Waals surface area contributed by atoms with Crippen molar-refractivity contribution < 1.29 is 13.2 Å². The number of methoxy groups -OCH3 is 1. The normalized spacial score (nSPS) is 19.2. The Morgan fingerprint density at radius 2 is 1.91 bits per heavy atom. The first kappa shape index (κ1) is 22.4. The van der Waals surface area contributed by atoms with Gasteiger partial charge in [-0.2, -0.15) is 0 Å². The first-order chi connectivity index (χ1) is 15.9. The lowest BCUT2D eigenvalue weighted by molar-refractivity contribution is 0.0948. The number of pyridine rings is 1. The van der Waals surface area contributed by atoms with Gasteiger partial charge in [0.25, 0.3) is 0 Å². The lowest BCUT2D eigenvalue weighted by Crippen LogP contribution is -2.31. The van der Waals surface area contributed by atoms with Crippen molar-refractivity contribution in [1.82, 2.24) is 29.7 Å². The Hall–Kier alpha value is -2.43. The van der Waals surface area contributed by atoms with Crippen molar-refractivity contribution in [3.63, 3.8) is 0 Å². The summed E-state index contributed by atoms with van der Waals surface area (Å²) in [6, 6.07) is 5.61. The van der Waals surface area contributed by atoms with E-state index in [-0.39, 0.29) is 17.1 Å². The summed E-state index contributed by atoms with van der Waals surface area (Å²) in [6.07, 6.45) is 8.00. The molecule has 0 saturated heterocycles. The van der Waals surface area contributed by atoms with Gasteiger partial charge < -0.3 is 9.30 Å². The summed E-state index contributed by atoms with van der Waals surface area (Å²) in [6.45, 7) is 1.61. The Morgan fingerprint density at radius 3 is 2.48 bits per heavy atom. The number of sulfone groups is 1. The fraction of sp³-hybridized carbons (Fsp3) is 0.500. The topological polar surface area (TPSA) is 113 Å². The zero-order valence-electron chi connectivity index (χ0n) is 18.4. The van der Waals surface area contributed by atoms with Gasteiger partial charge in [-0.25, -0.2) is 18.4 Å². The van der Waals surface area contributed by atoms with Crippen LogP contribution < -0.4 is 0 Å². The summed E-state index contributed by atoms with van der Waals surface area (Å²) in [7, 11) is -2.25. The van der Waals surface area contributed by atoms with Crippen molar-refractivity contribution in [2.75, 3.05) is 7.11 Å². The van der Waals surface area contributed by atoms with Crippen LogP contribution in [-0.4, -0.2) is 50.5 Å². The van der Waals surface area contributed by atoms with Crippen LogP contribution in [0.25, 0.3) is 11.5 Å². The van der Waals surface area contributed by atoms with Crippen molar-refractivity contribution in [1.29, 1.82) is 0 Å². The Labute approximate surface area is 197 Å². The smallest absolute Gasteiger partial charge is 0.183 e. The number of nitrogens with zero attached hydrogens (tertiary/aromatic N) is 6. The van der Waals surface area contributed by atoms with Gasteiger partial charge in [0.15, 0.2) is 21.5 Å². The van der Waals surface area contributed by atoms with Crippen molar-refractivity contribution in [2.24, 2.45) is 5.92 Å². The van der Waals surface area contributed by atoms with Gasteiger partial charge in [0.2, 0.25) is 0 Å². The molecule has 2 atom stereocenters. The standard InChI is InChI=1S/C22H25ClN6O3S/c1-14(19(32-2)20-25-11-16(23)12-26-20)33(30,31)13-18-27-28-21(17-5-3-4-10-24-17)29(18)22(8-9-22)15-6-7-15/h3-5,10-12,14-15,19H,6-9,13H2,1-2H3/t14-,19-/m0/s1. The molecule has 2 aliphatic rings. The van der Waals surface area contributed by atoms with Crippen LogP contribution in [0.1, 0.15) is 50.4 Å². The molecule has 5 rings (SSSR count). The fourth-order valence-corrected chi connectivity index (χ4v) is 6.09. The average molecular weight is 489 g/mol. The average Bonchev–Trinajstić information content (AvgIpc) is 3.73. The van der Waals surface area contributed by atoms with E-state index in [1.807, 2.05) is 18.2 Å². The highest BCUT2D eigenvalue weighted by Crippen LogP contribution is 2.60. The molecule has 0 aliphatic heterocycles. The number of ether oxygens (including phenoxy) is 1. The van der Waals surface area contributed by atoms with Crippen molar-refractivity contribution in [3.8, 4) is 11.5 Å². The third-order valence-corrected chi connectivity index (χ3v) is 8.88. The molecule has 3 aromatic heterocycles. The maximum Gasteiger partial charge on any atom is 0.183 e. The molecule has 0 radical (unpaired) electrons. The van der Waals surface area contributed by atoms with E-state index >= 15 is 0 Å². The Kier molecular flexibility index (Phi) is 5.70. The van der Waals surface area contributed by atoms with E-state index in [0.717, 1.165) is 25.7 Å². The molecular weight excluding hydrogens is 464 g/mol. The highest BCUT2D eigenvalue weighted by Gasteiger charge is 2.57. The summed E-state index contributed by atoms with van der Waals surface area (Å²) in [5.41, 5.74) is 0.586. The molecule has 0 spiro atoms. The molecule has 0 amide bonds. The quantitative estimate of drug-likeness (QED) is 0.450. The zero-order chi connectivity index (χ0) is 23.2. The summed E-state index contributed by atoms with van der Waals surface area (Å²) in [5, 5.41) is 8.21. The van der Waals surface area contributed by atoms with Gasteiger partial charge in [0.05, 0.1) is 15.8 Å². The molecule has 2 aliphatic carbocycles. The third kappa shape index (κ3) is 4.15. The van der Waals surface area contributed by atoms with E-state index in [4.69, 9.17) is 16.3 Å². The second kappa shape index (κ2) is 8.41. The van der Waals surface area contributed by atoms with Crippen LogP contribution in [0.5, 0.6) is 0 Å². The van der Waals surface area contributed by atoms with Gasteiger partial charge in [0, 0.05) is 25.7 Å². The van der Waals surface area contributed by atoms with E-state index in [2.05, 4.69) is 29.7 Å². The minimum atomic E-state index is -3.69. The van der Waals surface area contributed by atoms with Crippen molar-refractivity contribution in [2.45, 2.75) is 55.3 Å². The molecule has 2 saturated carbocycles. The molecule has 11 heteroatoms. The van der Waals surface area contributed by atoms with E-state index in [1.54, 1.807) is 13.1 Å². The van der Waals surface area contributed by atoms with Crippen LogP contribution in [-0.2, 0) is 25.9 Å².